The van der Waals surface area contributed by atoms with E-state index in [1.165, 1.54) is 5.56 Å². The van der Waals surface area contributed by atoms with Gasteiger partial charge in [-0.15, -0.1) is 0 Å². The molecule has 6 nitrogen and oxygen atoms in total. The maximum atomic E-state index is 13.0. The summed E-state index contributed by atoms with van der Waals surface area (Å²) in [5.41, 5.74) is 1.35. The zero-order chi connectivity index (χ0) is 18.0. The molecule has 1 aromatic carbocycles. The van der Waals surface area contributed by atoms with Crippen LogP contribution < -0.4 is 0 Å². The van der Waals surface area contributed by atoms with E-state index in [2.05, 4.69) is 6.07 Å². The van der Waals surface area contributed by atoms with E-state index < -0.39 is 5.41 Å². The summed E-state index contributed by atoms with van der Waals surface area (Å²) in [7, 11) is 0. The fourth-order valence-corrected chi connectivity index (χ4v) is 3.58. The van der Waals surface area contributed by atoms with Gasteiger partial charge >= 0.3 is 0 Å². The molecule has 0 N–H and O–H groups in total. The number of hydrogen-bond donors (Lipinski definition) is 0. The summed E-state index contributed by atoms with van der Waals surface area (Å²) in [6.07, 6.45) is 1.63. The molecular weight excluding hydrogens is 318 g/mol. The van der Waals surface area contributed by atoms with Crippen LogP contribution in [0.15, 0.2) is 24.3 Å². The summed E-state index contributed by atoms with van der Waals surface area (Å²) in [6.45, 7) is 6.64. The van der Waals surface area contributed by atoms with Crippen LogP contribution in [0.2, 0.25) is 0 Å². The molecule has 1 aromatic rings. The molecular formula is C19H25N3O3. The minimum Gasteiger partial charge on any atom is -0.342 e. The van der Waals surface area contributed by atoms with Crippen molar-refractivity contribution in [1.29, 1.82) is 0 Å². The number of carbonyl (C=O) groups excluding carboxylic acids is 3. The van der Waals surface area contributed by atoms with Gasteiger partial charge in [-0.3, -0.25) is 14.4 Å². The lowest BCUT2D eigenvalue weighted by atomic mass is 9.87. The van der Waals surface area contributed by atoms with Crippen LogP contribution in [0.25, 0.3) is 0 Å². The first-order valence-corrected chi connectivity index (χ1v) is 8.78. The normalized spacial score (nSPS) is 17.9. The molecule has 1 fully saturated rings. The third-order valence-electron chi connectivity index (χ3n) is 5.24. The van der Waals surface area contributed by atoms with Crippen molar-refractivity contribution in [2.45, 2.75) is 26.8 Å². The molecule has 0 aromatic heterocycles. The Morgan fingerprint density at radius 2 is 1.52 bits per heavy atom. The summed E-state index contributed by atoms with van der Waals surface area (Å²) >= 11 is 0. The molecule has 6 heteroatoms. The third kappa shape index (κ3) is 3.38. The molecule has 134 valence electrons. The molecule has 0 unspecified atom stereocenters. The largest absolute Gasteiger partial charge is 0.342 e. The first-order valence-electron chi connectivity index (χ1n) is 8.78. The zero-order valence-corrected chi connectivity index (χ0v) is 14.9. The highest BCUT2D eigenvalue weighted by Crippen LogP contribution is 2.27. The summed E-state index contributed by atoms with van der Waals surface area (Å²) in [4.78, 5) is 41.9. The Morgan fingerprint density at radius 3 is 2.16 bits per heavy atom. The van der Waals surface area contributed by atoms with Crippen molar-refractivity contribution in [3.05, 3.63) is 35.4 Å². The van der Waals surface area contributed by atoms with Crippen LogP contribution in [0.3, 0.4) is 0 Å². The number of nitrogens with zero attached hydrogens (tertiary/aromatic N) is 3. The SMILES string of the molecule is CC(C)(C(=O)N1CCN(C=O)CC1)C(=O)N1CCc2ccccc2C1. The molecule has 3 rings (SSSR count). The van der Waals surface area contributed by atoms with Crippen LogP contribution in [-0.4, -0.2) is 65.6 Å². The summed E-state index contributed by atoms with van der Waals surface area (Å²) in [5.74, 6) is -0.272. The van der Waals surface area contributed by atoms with Gasteiger partial charge in [-0.2, -0.15) is 0 Å². The average molecular weight is 343 g/mol. The Balaban J connectivity index is 1.68. The Labute approximate surface area is 148 Å². The lowest BCUT2D eigenvalue weighted by molar-refractivity contribution is -0.156. The van der Waals surface area contributed by atoms with E-state index >= 15 is 0 Å². The summed E-state index contributed by atoms with van der Waals surface area (Å²) in [6, 6.07) is 8.14. The molecule has 2 heterocycles. The maximum Gasteiger partial charge on any atom is 0.238 e. The number of fused-ring (bicyclic) bond motifs is 1. The Bertz CT molecular complexity index is 678. The second-order valence-electron chi connectivity index (χ2n) is 7.30. The number of piperazine rings is 1. The van der Waals surface area contributed by atoms with Crippen LogP contribution in [0.4, 0.5) is 0 Å². The predicted molar refractivity (Wildman–Crippen MR) is 93.6 cm³/mol. The van der Waals surface area contributed by atoms with Gasteiger partial charge in [0.1, 0.15) is 5.41 Å². The van der Waals surface area contributed by atoms with Crippen molar-refractivity contribution in [2.75, 3.05) is 32.7 Å². The molecule has 2 aliphatic heterocycles. The van der Waals surface area contributed by atoms with Crippen molar-refractivity contribution >= 4 is 18.2 Å². The fraction of sp³-hybridized carbons (Fsp3) is 0.526. The van der Waals surface area contributed by atoms with Gasteiger partial charge in [0.2, 0.25) is 18.2 Å². The van der Waals surface area contributed by atoms with Crippen LogP contribution in [0.5, 0.6) is 0 Å². The van der Waals surface area contributed by atoms with E-state index in [9.17, 15) is 14.4 Å². The minimum absolute atomic E-state index is 0.121. The van der Waals surface area contributed by atoms with Crippen molar-refractivity contribution in [1.82, 2.24) is 14.7 Å². The van der Waals surface area contributed by atoms with E-state index in [0.29, 0.717) is 39.3 Å². The molecule has 0 bridgehead atoms. The van der Waals surface area contributed by atoms with Crippen molar-refractivity contribution in [3.8, 4) is 0 Å². The minimum atomic E-state index is -1.09. The van der Waals surface area contributed by atoms with E-state index in [1.54, 1.807) is 28.5 Å². The quantitative estimate of drug-likeness (QED) is 0.605. The van der Waals surface area contributed by atoms with E-state index in [-0.39, 0.29) is 11.8 Å². The van der Waals surface area contributed by atoms with Crippen molar-refractivity contribution in [3.63, 3.8) is 0 Å². The molecule has 0 atom stereocenters. The van der Waals surface area contributed by atoms with Gasteiger partial charge in [-0.1, -0.05) is 24.3 Å². The van der Waals surface area contributed by atoms with Crippen LogP contribution in [0, 0.1) is 5.41 Å². The highest BCUT2D eigenvalue weighted by atomic mass is 16.2. The van der Waals surface area contributed by atoms with Gasteiger partial charge in [-0.05, 0) is 31.4 Å². The maximum absolute atomic E-state index is 13.0. The molecule has 3 amide bonds. The Hall–Kier alpha value is -2.37. The lowest BCUT2D eigenvalue weighted by Gasteiger charge is -2.39. The van der Waals surface area contributed by atoms with E-state index in [4.69, 9.17) is 0 Å². The average Bonchev–Trinajstić information content (AvgIpc) is 2.66. The highest BCUT2D eigenvalue weighted by Gasteiger charge is 2.42. The molecule has 2 aliphatic rings. The topological polar surface area (TPSA) is 60.9 Å². The third-order valence-corrected chi connectivity index (χ3v) is 5.24. The summed E-state index contributed by atoms with van der Waals surface area (Å²) < 4.78 is 0. The number of hydrogen-bond acceptors (Lipinski definition) is 3. The summed E-state index contributed by atoms with van der Waals surface area (Å²) in [5, 5.41) is 0. The number of rotatable bonds is 3. The Morgan fingerprint density at radius 1 is 0.920 bits per heavy atom. The van der Waals surface area contributed by atoms with Gasteiger partial charge in [0, 0.05) is 39.3 Å². The lowest BCUT2D eigenvalue weighted by Crippen LogP contribution is -2.56. The van der Waals surface area contributed by atoms with Crippen LogP contribution in [-0.2, 0) is 27.3 Å². The second kappa shape index (κ2) is 6.86. The predicted octanol–water partition coefficient (Wildman–Crippen LogP) is 0.898. The molecule has 0 spiro atoms. The number of benzene rings is 1. The standard InChI is InChI=1S/C19H25N3O3/c1-19(2,17(24)21-11-9-20(14-23)10-12-21)18(25)22-8-7-15-5-3-4-6-16(15)13-22/h3-6,14H,7-13H2,1-2H3. The van der Waals surface area contributed by atoms with Crippen molar-refractivity contribution in [2.24, 2.45) is 5.41 Å². The zero-order valence-electron chi connectivity index (χ0n) is 14.9. The second-order valence-corrected chi connectivity index (χ2v) is 7.30. The van der Waals surface area contributed by atoms with Gasteiger partial charge in [-0.25, -0.2) is 0 Å². The first-order chi connectivity index (χ1) is 11.9. The first kappa shape index (κ1) is 17.5. The highest BCUT2D eigenvalue weighted by molar-refractivity contribution is 6.04. The molecule has 0 saturated carbocycles. The smallest absolute Gasteiger partial charge is 0.238 e. The fourth-order valence-electron chi connectivity index (χ4n) is 3.58. The molecule has 0 radical (unpaired) electrons. The van der Waals surface area contributed by atoms with Gasteiger partial charge < -0.3 is 14.7 Å². The number of amides is 3. The van der Waals surface area contributed by atoms with Gasteiger partial charge in [0.15, 0.2) is 0 Å². The van der Waals surface area contributed by atoms with E-state index in [1.807, 2.05) is 18.2 Å². The molecule has 25 heavy (non-hydrogen) atoms. The van der Waals surface area contributed by atoms with Crippen molar-refractivity contribution < 1.29 is 14.4 Å². The van der Waals surface area contributed by atoms with E-state index in [0.717, 1.165) is 18.4 Å². The van der Waals surface area contributed by atoms with Gasteiger partial charge in [0.05, 0.1) is 0 Å². The van der Waals surface area contributed by atoms with Crippen LogP contribution >= 0.6 is 0 Å². The van der Waals surface area contributed by atoms with Gasteiger partial charge in [0.25, 0.3) is 0 Å². The number of carbonyl (C=O) groups is 3. The molecule has 0 aliphatic carbocycles. The Kier molecular flexibility index (Phi) is 4.79. The van der Waals surface area contributed by atoms with Crippen LogP contribution in [0.1, 0.15) is 25.0 Å². The molecule has 1 saturated heterocycles. The monoisotopic (exact) mass is 343 g/mol.